The molecule has 1 aromatic heterocycles. The highest BCUT2D eigenvalue weighted by Crippen LogP contribution is 2.25. The Hall–Kier alpha value is -2.65. The van der Waals surface area contributed by atoms with Crippen LogP contribution in [0.25, 0.3) is 0 Å². The Kier molecular flexibility index (Phi) is 6.94. The number of halogens is 1. The van der Waals surface area contributed by atoms with Crippen LogP contribution in [0.2, 0.25) is 5.02 Å². The molecule has 2 aromatic rings. The molecule has 2 amide bonds. The van der Waals surface area contributed by atoms with E-state index < -0.39 is 11.5 Å². The van der Waals surface area contributed by atoms with E-state index in [4.69, 9.17) is 26.8 Å². The number of benzene rings is 1. The predicted molar refractivity (Wildman–Crippen MR) is 110 cm³/mol. The molecule has 1 aliphatic heterocycles. The molecular formula is C20H26ClN5O4. The molecule has 0 saturated carbocycles. The van der Waals surface area contributed by atoms with Crippen molar-refractivity contribution in [1.82, 2.24) is 19.7 Å². The van der Waals surface area contributed by atoms with Crippen LogP contribution in [-0.4, -0.2) is 63.4 Å². The van der Waals surface area contributed by atoms with E-state index in [1.807, 2.05) is 13.8 Å². The molecule has 0 bridgehead atoms. The van der Waals surface area contributed by atoms with Crippen molar-refractivity contribution in [1.29, 1.82) is 0 Å². The van der Waals surface area contributed by atoms with Crippen molar-refractivity contribution < 1.29 is 19.1 Å². The van der Waals surface area contributed by atoms with E-state index in [0.29, 0.717) is 36.3 Å². The minimum atomic E-state index is -1.00. The Morgan fingerprint density at radius 2 is 2.03 bits per heavy atom. The number of nitrogens with two attached hydrogens (primary N) is 1. The molecule has 0 spiro atoms. The SMILES string of the molecule is Cc1nc(C)n(CCC(=O)N2CCO[C@@](COc3ccc(Cl)cc3)(CC(N)=O)C2)n1. The molecule has 3 rings (SSSR count). The fourth-order valence-electron chi connectivity index (χ4n) is 3.50. The topological polar surface area (TPSA) is 113 Å². The number of rotatable bonds is 8. The Balaban J connectivity index is 1.64. The maximum absolute atomic E-state index is 12.8. The van der Waals surface area contributed by atoms with Gasteiger partial charge in [0.2, 0.25) is 11.8 Å². The van der Waals surface area contributed by atoms with Crippen LogP contribution < -0.4 is 10.5 Å². The first-order valence-electron chi connectivity index (χ1n) is 9.73. The lowest BCUT2D eigenvalue weighted by Crippen LogP contribution is -2.58. The number of carbonyl (C=O) groups excluding carboxylic acids is 2. The molecule has 162 valence electrons. The van der Waals surface area contributed by atoms with Gasteiger partial charge in [0, 0.05) is 18.0 Å². The van der Waals surface area contributed by atoms with E-state index >= 15 is 0 Å². The zero-order valence-electron chi connectivity index (χ0n) is 17.1. The Bertz CT molecular complexity index is 901. The van der Waals surface area contributed by atoms with Gasteiger partial charge in [-0.3, -0.25) is 9.59 Å². The third-order valence-electron chi connectivity index (χ3n) is 4.91. The highest BCUT2D eigenvalue weighted by atomic mass is 35.5. The fourth-order valence-corrected chi connectivity index (χ4v) is 3.62. The number of hydrogen-bond acceptors (Lipinski definition) is 6. The molecule has 10 heteroatoms. The number of primary amides is 1. The van der Waals surface area contributed by atoms with Gasteiger partial charge in [0.25, 0.3) is 0 Å². The second-order valence-electron chi connectivity index (χ2n) is 7.41. The molecule has 0 radical (unpaired) electrons. The number of hydrogen-bond donors (Lipinski definition) is 1. The quantitative estimate of drug-likeness (QED) is 0.672. The molecule has 9 nitrogen and oxygen atoms in total. The van der Waals surface area contributed by atoms with Gasteiger partial charge in [-0.1, -0.05) is 11.6 Å². The Labute approximate surface area is 180 Å². The number of ether oxygens (including phenoxy) is 2. The number of nitrogens with zero attached hydrogens (tertiary/aromatic N) is 4. The molecule has 1 aromatic carbocycles. The summed E-state index contributed by atoms with van der Waals surface area (Å²) in [5.41, 5.74) is 4.46. The predicted octanol–water partition coefficient (Wildman–Crippen LogP) is 1.49. The van der Waals surface area contributed by atoms with Gasteiger partial charge in [-0.05, 0) is 38.1 Å². The lowest BCUT2D eigenvalue weighted by Gasteiger charge is -2.42. The molecule has 1 saturated heterocycles. The first kappa shape index (κ1) is 22.0. The van der Waals surface area contributed by atoms with Crippen molar-refractivity contribution >= 4 is 23.4 Å². The molecular weight excluding hydrogens is 410 g/mol. The average Bonchev–Trinajstić information content (AvgIpc) is 3.02. The minimum absolute atomic E-state index is 0.0498. The van der Waals surface area contributed by atoms with Crippen molar-refractivity contribution in [3.8, 4) is 5.75 Å². The van der Waals surface area contributed by atoms with Gasteiger partial charge in [-0.15, -0.1) is 0 Å². The van der Waals surface area contributed by atoms with Crippen LogP contribution in [0.1, 0.15) is 24.5 Å². The molecule has 0 unspecified atom stereocenters. The van der Waals surface area contributed by atoms with Crippen molar-refractivity contribution in [3.05, 3.63) is 40.9 Å². The van der Waals surface area contributed by atoms with Crippen LogP contribution in [0.3, 0.4) is 0 Å². The summed E-state index contributed by atoms with van der Waals surface area (Å²) in [5, 5.41) is 4.88. The largest absolute Gasteiger partial charge is 0.490 e. The second kappa shape index (κ2) is 9.44. The van der Waals surface area contributed by atoms with Crippen LogP contribution in [-0.2, 0) is 20.9 Å². The van der Waals surface area contributed by atoms with Crippen molar-refractivity contribution in [3.63, 3.8) is 0 Å². The molecule has 2 N–H and O–H groups in total. The number of aryl methyl sites for hydroxylation is 3. The van der Waals surface area contributed by atoms with Crippen LogP contribution in [0.4, 0.5) is 0 Å². The second-order valence-corrected chi connectivity index (χ2v) is 7.85. The normalized spacial score (nSPS) is 19.0. The summed E-state index contributed by atoms with van der Waals surface area (Å²) in [6, 6.07) is 6.88. The Morgan fingerprint density at radius 3 is 2.67 bits per heavy atom. The van der Waals surface area contributed by atoms with Gasteiger partial charge in [-0.25, -0.2) is 9.67 Å². The van der Waals surface area contributed by atoms with Gasteiger partial charge in [0.05, 0.1) is 26.1 Å². The summed E-state index contributed by atoms with van der Waals surface area (Å²) in [5.74, 6) is 1.46. The van der Waals surface area contributed by atoms with Crippen molar-refractivity contribution in [2.24, 2.45) is 5.73 Å². The molecule has 1 aliphatic rings. The van der Waals surface area contributed by atoms with Gasteiger partial charge < -0.3 is 20.1 Å². The zero-order chi connectivity index (χ0) is 21.7. The summed E-state index contributed by atoms with van der Waals surface area (Å²) in [6.07, 6.45) is 0.222. The summed E-state index contributed by atoms with van der Waals surface area (Å²) >= 11 is 5.90. The van der Waals surface area contributed by atoms with Crippen LogP contribution in [0, 0.1) is 13.8 Å². The minimum Gasteiger partial charge on any atom is -0.490 e. The molecule has 1 fully saturated rings. The van der Waals surface area contributed by atoms with Crippen molar-refractivity contribution in [2.75, 3.05) is 26.3 Å². The maximum Gasteiger partial charge on any atom is 0.224 e. The first-order valence-corrected chi connectivity index (χ1v) is 10.1. The summed E-state index contributed by atoms with van der Waals surface area (Å²) in [6.45, 7) is 5.14. The molecule has 0 aliphatic carbocycles. The van der Waals surface area contributed by atoms with E-state index in [1.165, 1.54) is 0 Å². The van der Waals surface area contributed by atoms with Gasteiger partial charge in [0.15, 0.2) is 0 Å². The van der Waals surface area contributed by atoms with E-state index in [2.05, 4.69) is 10.1 Å². The van der Waals surface area contributed by atoms with Gasteiger partial charge in [0.1, 0.15) is 29.6 Å². The highest BCUT2D eigenvalue weighted by molar-refractivity contribution is 6.30. The lowest BCUT2D eigenvalue weighted by molar-refractivity contribution is -0.162. The smallest absolute Gasteiger partial charge is 0.224 e. The number of aromatic nitrogens is 3. The molecule has 1 atom stereocenters. The standard InChI is InChI=1S/C20H26ClN5O4/c1-14-23-15(2)26(24-14)8-7-19(28)25-9-10-30-20(12-25,11-18(22)27)13-29-17-5-3-16(21)4-6-17/h3-6H,7-13H2,1-2H3,(H2,22,27)/t20-/m0/s1. The van der Waals surface area contributed by atoms with Gasteiger partial charge in [-0.2, -0.15) is 5.10 Å². The van der Waals surface area contributed by atoms with E-state index in [1.54, 1.807) is 33.8 Å². The van der Waals surface area contributed by atoms with Crippen LogP contribution >= 0.6 is 11.6 Å². The lowest BCUT2D eigenvalue weighted by atomic mass is 9.97. The highest BCUT2D eigenvalue weighted by Gasteiger charge is 2.40. The molecule has 30 heavy (non-hydrogen) atoms. The number of amides is 2. The van der Waals surface area contributed by atoms with E-state index in [0.717, 1.165) is 5.82 Å². The fraction of sp³-hybridized carbons (Fsp3) is 0.500. The first-order chi connectivity index (χ1) is 14.3. The third kappa shape index (κ3) is 5.70. The van der Waals surface area contributed by atoms with Gasteiger partial charge >= 0.3 is 0 Å². The van der Waals surface area contributed by atoms with E-state index in [-0.39, 0.29) is 31.9 Å². The van der Waals surface area contributed by atoms with Crippen molar-refractivity contribution in [2.45, 2.75) is 38.8 Å². The zero-order valence-corrected chi connectivity index (χ0v) is 17.9. The average molecular weight is 436 g/mol. The Morgan fingerprint density at radius 1 is 1.30 bits per heavy atom. The van der Waals surface area contributed by atoms with E-state index in [9.17, 15) is 9.59 Å². The molecule has 2 heterocycles. The number of carbonyl (C=O) groups is 2. The van der Waals surface area contributed by atoms with Crippen LogP contribution in [0.5, 0.6) is 5.75 Å². The monoisotopic (exact) mass is 435 g/mol. The third-order valence-corrected chi connectivity index (χ3v) is 5.17. The summed E-state index contributed by atoms with van der Waals surface area (Å²) < 4.78 is 13.5. The summed E-state index contributed by atoms with van der Waals surface area (Å²) in [4.78, 5) is 30.5. The summed E-state index contributed by atoms with van der Waals surface area (Å²) in [7, 11) is 0. The number of morpholine rings is 1. The maximum atomic E-state index is 12.8. The van der Waals surface area contributed by atoms with Crippen LogP contribution in [0.15, 0.2) is 24.3 Å².